The Hall–Kier alpha value is -3.33. The van der Waals surface area contributed by atoms with Gasteiger partial charge in [-0.15, -0.1) is 0 Å². The predicted molar refractivity (Wildman–Crippen MR) is 117 cm³/mol. The monoisotopic (exact) mass is 410 g/mol. The number of benzene rings is 1. The standard InChI is InChI=1S/C21H26N6O3/c1-29-13-9-12(10-14(11-13)30-2)24-19-18-17(7-8-23-20(18)28)26-21(27-19)25-16-6-4-3-5-15(16)22/h7-11,15-16H,3-6,22H2,1-2H3,(H,23,28)(H2,24,25,26,27)/t15-,16-/m0/s1. The lowest BCUT2D eigenvalue weighted by atomic mass is 9.91. The molecule has 1 saturated carbocycles. The van der Waals surface area contributed by atoms with Gasteiger partial charge in [-0.05, 0) is 18.9 Å². The third-order valence-corrected chi connectivity index (χ3v) is 5.37. The minimum atomic E-state index is -0.272. The summed E-state index contributed by atoms with van der Waals surface area (Å²) in [5.41, 5.74) is 7.22. The molecule has 2 heterocycles. The minimum absolute atomic E-state index is 0.0521. The van der Waals surface area contributed by atoms with E-state index in [1.54, 1.807) is 44.7 Å². The number of H-pyrrole nitrogens is 1. The van der Waals surface area contributed by atoms with E-state index in [1.807, 2.05) is 0 Å². The largest absolute Gasteiger partial charge is 0.497 e. The third kappa shape index (κ3) is 4.16. The van der Waals surface area contributed by atoms with Crippen molar-refractivity contribution in [3.05, 3.63) is 40.8 Å². The number of fused-ring (bicyclic) bond motifs is 1. The Balaban J connectivity index is 1.75. The van der Waals surface area contributed by atoms with Gasteiger partial charge in [0.2, 0.25) is 5.95 Å². The number of methoxy groups -OCH3 is 2. The van der Waals surface area contributed by atoms with E-state index in [-0.39, 0.29) is 17.6 Å². The van der Waals surface area contributed by atoms with E-state index < -0.39 is 0 Å². The lowest BCUT2D eigenvalue weighted by molar-refractivity contribution is 0.395. The van der Waals surface area contributed by atoms with Gasteiger partial charge in [-0.25, -0.2) is 4.98 Å². The van der Waals surface area contributed by atoms with E-state index in [4.69, 9.17) is 15.2 Å². The number of ether oxygens (including phenoxy) is 2. The van der Waals surface area contributed by atoms with Gasteiger partial charge in [0.25, 0.3) is 5.56 Å². The normalized spacial score (nSPS) is 18.8. The van der Waals surface area contributed by atoms with Crippen LogP contribution in [0.5, 0.6) is 11.5 Å². The summed E-state index contributed by atoms with van der Waals surface area (Å²) in [5.74, 6) is 2.07. The molecule has 1 aliphatic carbocycles. The zero-order valence-corrected chi connectivity index (χ0v) is 17.1. The van der Waals surface area contributed by atoms with E-state index in [0.717, 1.165) is 25.7 Å². The highest BCUT2D eigenvalue weighted by molar-refractivity contribution is 5.91. The van der Waals surface area contributed by atoms with Crippen LogP contribution < -0.4 is 31.4 Å². The number of nitrogens with one attached hydrogen (secondary N) is 3. The van der Waals surface area contributed by atoms with E-state index in [1.165, 1.54) is 0 Å². The Morgan fingerprint density at radius 3 is 2.53 bits per heavy atom. The van der Waals surface area contributed by atoms with Crippen LogP contribution in [0.2, 0.25) is 0 Å². The molecule has 30 heavy (non-hydrogen) atoms. The summed E-state index contributed by atoms with van der Waals surface area (Å²) in [7, 11) is 3.16. The fourth-order valence-corrected chi connectivity index (χ4v) is 3.77. The van der Waals surface area contributed by atoms with E-state index in [0.29, 0.717) is 39.9 Å². The summed E-state index contributed by atoms with van der Waals surface area (Å²) in [4.78, 5) is 24.4. The van der Waals surface area contributed by atoms with Crippen LogP contribution >= 0.6 is 0 Å². The molecule has 2 aromatic heterocycles. The van der Waals surface area contributed by atoms with Crippen molar-refractivity contribution in [2.75, 3.05) is 24.9 Å². The maximum absolute atomic E-state index is 12.5. The number of rotatable bonds is 6. The van der Waals surface area contributed by atoms with Crippen molar-refractivity contribution in [3.63, 3.8) is 0 Å². The number of nitrogens with two attached hydrogens (primary N) is 1. The smallest absolute Gasteiger partial charge is 0.261 e. The second-order valence-electron chi connectivity index (χ2n) is 7.39. The molecule has 158 valence electrons. The maximum atomic E-state index is 12.5. The topological polar surface area (TPSA) is 127 Å². The van der Waals surface area contributed by atoms with Crippen LogP contribution in [0.15, 0.2) is 35.3 Å². The Morgan fingerprint density at radius 2 is 1.83 bits per heavy atom. The van der Waals surface area contributed by atoms with Gasteiger partial charge in [0.15, 0.2) is 0 Å². The summed E-state index contributed by atoms with van der Waals surface area (Å²) in [6.07, 6.45) is 5.77. The molecule has 0 saturated heterocycles. The highest BCUT2D eigenvalue weighted by atomic mass is 16.5. The maximum Gasteiger partial charge on any atom is 0.261 e. The van der Waals surface area contributed by atoms with Gasteiger partial charge < -0.3 is 30.8 Å². The molecule has 0 amide bonds. The van der Waals surface area contributed by atoms with Gasteiger partial charge in [0.1, 0.15) is 22.7 Å². The molecule has 0 bridgehead atoms. The van der Waals surface area contributed by atoms with Gasteiger partial charge in [-0.2, -0.15) is 4.98 Å². The van der Waals surface area contributed by atoms with Gasteiger partial charge in [-0.3, -0.25) is 4.79 Å². The van der Waals surface area contributed by atoms with Crippen LogP contribution in [-0.2, 0) is 0 Å². The summed E-state index contributed by atoms with van der Waals surface area (Å²) < 4.78 is 10.7. The van der Waals surface area contributed by atoms with Crippen LogP contribution in [0.3, 0.4) is 0 Å². The predicted octanol–water partition coefficient (Wildman–Crippen LogP) is 2.76. The minimum Gasteiger partial charge on any atom is -0.497 e. The van der Waals surface area contributed by atoms with E-state index in [2.05, 4.69) is 25.6 Å². The Kier molecular flexibility index (Phi) is 5.71. The van der Waals surface area contributed by atoms with Gasteiger partial charge >= 0.3 is 0 Å². The molecule has 0 radical (unpaired) electrons. The fourth-order valence-electron chi connectivity index (χ4n) is 3.77. The number of anilines is 3. The number of aromatic amines is 1. The van der Waals surface area contributed by atoms with Crippen molar-refractivity contribution in [1.29, 1.82) is 0 Å². The molecule has 1 fully saturated rings. The van der Waals surface area contributed by atoms with E-state index in [9.17, 15) is 4.79 Å². The SMILES string of the molecule is COc1cc(Nc2nc(N[C@H]3CCCC[C@@H]3N)nc3cc[nH]c(=O)c23)cc(OC)c1. The Bertz CT molecular complexity index is 1080. The first kappa shape index (κ1) is 20.0. The molecule has 1 aliphatic rings. The zero-order chi connectivity index (χ0) is 21.1. The third-order valence-electron chi connectivity index (χ3n) is 5.37. The highest BCUT2D eigenvalue weighted by Crippen LogP contribution is 2.30. The van der Waals surface area contributed by atoms with Crippen LogP contribution in [0, 0.1) is 0 Å². The molecule has 2 atom stereocenters. The summed E-state index contributed by atoms with van der Waals surface area (Å²) in [6, 6.07) is 7.28. The molecule has 3 aromatic rings. The Labute approximate surface area is 174 Å². The van der Waals surface area contributed by atoms with Gasteiger partial charge in [0.05, 0.1) is 19.7 Å². The lowest BCUT2D eigenvalue weighted by Crippen LogP contribution is -2.43. The number of hydrogen-bond donors (Lipinski definition) is 4. The van der Waals surface area contributed by atoms with Crippen LogP contribution in [0.4, 0.5) is 17.5 Å². The van der Waals surface area contributed by atoms with Crippen molar-refractivity contribution in [1.82, 2.24) is 15.0 Å². The van der Waals surface area contributed by atoms with Crippen LogP contribution in [0.1, 0.15) is 25.7 Å². The lowest BCUT2D eigenvalue weighted by Gasteiger charge is -2.29. The first-order valence-electron chi connectivity index (χ1n) is 9.99. The van der Waals surface area contributed by atoms with Crippen molar-refractivity contribution in [2.24, 2.45) is 5.73 Å². The van der Waals surface area contributed by atoms with Crippen molar-refractivity contribution in [3.8, 4) is 11.5 Å². The number of hydrogen-bond acceptors (Lipinski definition) is 8. The Morgan fingerprint density at radius 1 is 1.10 bits per heavy atom. The van der Waals surface area contributed by atoms with Crippen molar-refractivity contribution < 1.29 is 9.47 Å². The number of nitrogens with zero attached hydrogens (tertiary/aromatic N) is 2. The second-order valence-corrected chi connectivity index (χ2v) is 7.39. The summed E-state index contributed by atoms with van der Waals surface area (Å²) >= 11 is 0. The molecular weight excluding hydrogens is 384 g/mol. The quantitative estimate of drug-likeness (QED) is 0.488. The summed E-state index contributed by atoms with van der Waals surface area (Å²) in [6.45, 7) is 0. The first-order valence-corrected chi connectivity index (χ1v) is 9.99. The molecule has 0 spiro atoms. The average Bonchev–Trinajstić information content (AvgIpc) is 2.75. The first-order chi connectivity index (χ1) is 14.6. The van der Waals surface area contributed by atoms with Crippen molar-refractivity contribution >= 4 is 28.4 Å². The summed E-state index contributed by atoms with van der Waals surface area (Å²) in [5, 5.41) is 6.96. The van der Waals surface area contributed by atoms with Gasteiger partial charge in [-0.1, -0.05) is 12.8 Å². The molecule has 4 rings (SSSR count). The number of aromatic nitrogens is 3. The zero-order valence-electron chi connectivity index (χ0n) is 17.1. The molecule has 9 nitrogen and oxygen atoms in total. The van der Waals surface area contributed by atoms with Gasteiger partial charge in [0, 0.05) is 42.2 Å². The molecule has 0 unspecified atom stereocenters. The molecule has 1 aromatic carbocycles. The fraction of sp³-hybridized carbons (Fsp3) is 0.381. The average molecular weight is 410 g/mol. The van der Waals surface area contributed by atoms with Crippen molar-refractivity contribution in [2.45, 2.75) is 37.8 Å². The highest BCUT2D eigenvalue weighted by Gasteiger charge is 2.23. The molecule has 0 aliphatic heterocycles. The molecule has 5 N–H and O–H groups in total. The van der Waals surface area contributed by atoms with Crippen LogP contribution in [-0.4, -0.2) is 41.3 Å². The van der Waals surface area contributed by atoms with E-state index >= 15 is 0 Å². The molecular formula is C21H26N6O3. The molecule has 9 heteroatoms. The van der Waals surface area contributed by atoms with Crippen LogP contribution in [0.25, 0.3) is 10.9 Å². The number of pyridine rings is 1. The second kappa shape index (κ2) is 8.58.